The first-order valence-electron chi connectivity index (χ1n) is 5.57. The first-order valence-corrected chi connectivity index (χ1v) is 5.57. The molecule has 0 saturated carbocycles. The van der Waals surface area contributed by atoms with Crippen LogP contribution >= 0.6 is 0 Å². The van der Waals surface area contributed by atoms with Gasteiger partial charge >= 0.3 is 0 Å². The van der Waals surface area contributed by atoms with Gasteiger partial charge in [-0.25, -0.2) is 0 Å². The van der Waals surface area contributed by atoms with Gasteiger partial charge in [0.1, 0.15) is 0 Å². The van der Waals surface area contributed by atoms with E-state index in [-0.39, 0.29) is 11.6 Å². The summed E-state index contributed by atoms with van der Waals surface area (Å²) in [5.74, 6) is 0.674. The molecule has 1 unspecified atom stereocenters. The number of nitrogens with zero attached hydrogens (tertiary/aromatic N) is 1. The number of hydrogen-bond donors (Lipinski definition) is 1. The van der Waals surface area contributed by atoms with Crippen molar-refractivity contribution < 1.29 is 4.74 Å². The molecule has 1 heterocycles. The highest BCUT2D eigenvalue weighted by Crippen LogP contribution is 2.22. The van der Waals surface area contributed by atoms with E-state index in [1.807, 2.05) is 6.92 Å². The zero-order chi connectivity index (χ0) is 11.8. The molecule has 0 saturated heterocycles. The number of hydrogen-bond acceptors (Lipinski definition) is 3. The SMILES string of the molecule is CC1NN=C(c2ccc(C(C)(C)C)cc2)O1. The van der Waals surface area contributed by atoms with Gasteiger partial charge in [0, 0.05) is 5.56 Å². The molecule has 86 valence electrons. The Morgan fingerprint density at radius 1 is 1.19 bits per heavy atom. The molecular weight excluding hydrogens is 200 g/mol. The van der Waals surface area contributed by atoms with Gasteiger partial charge in [0.2, 0.25) is 5.90 Å². The number of nitrogens with one attached hydrogen (secondary N) is 1. The summed E-state index contributed by atoms with van der Waals surface area (Å²) < 4.78 is 5.51. The summed E-state index contributed by atoms with van der Waals surface area (Å²) in [4.78, 5) is 0. The fraction of sp³-hybridized carbons (Fsp3) is 0.462. The van der Waals surface area contributed by atoms with E-state index in [0.29, 0.717) is 5.90 Å². The predicted molar refractivity (Wildman–Crippen MR) is 65.4 cm³/mol. The van der Waals surface area contributed by atoms with Gasteiger partial charge in [0.15, 0.2) is 6.23 Å². The lowest BCUT2D eigenvalue weighted by atomic mass is 9.87. The average molecular weight is 218 g/mol. The summed E-state index contributed by atoms with van der Waals surface area (Å²) in [5.41, 5.74) is 5.40. The second kappa shape index (κ2) is 3.81. The van der Waals surface area contributed by atoms with Gasteiger partial charge in [-0.1, -0.05) is 32.9 Å². The fourth-order valence-corrected chi connectivity index (χ4v) is 1.62. The maximum Gasteiger partial charge on any atom is 0.240 e. The fourth-order valence-electron chi connectivity index (χ4n) is 1.62. The van der Waals surface area contributed by atoms with Gasteiger partial charge in [-0.3, -0.25) is 5.43 Å². The van der Waals surface area contributed by atoms with E-state index in [1.165, 1.54) is 5.56 Å². The number of ether oxygens (including phenoxy) is 1. The third kappa shape index (κ3) is 2.18. The third-order valence-electron chi connectivity index (χ3n) is 2.63. The quantitative estimate of drug-likeness (QED) is 0.786. The molecule has 0 amide bonds. The van der Waals surface area contributed by atoms with Gasteiger partial charge < -0.3 is 4.74 Å². The Labute approximate surface area is 96.5 Å². The molecule has 0 spiro atoms. The number of rotatable bonds is 1. The lowest BCUT2D eigenvalue weighted by molar-refractivity contribution is 0.209. The normalized spacial score (nSPS) is 20.0. The molecule has 1 aliphatic rings. The molecule has 0 bridgehead atoms. The summed E-state index contributed by atoms with van der Waals surface area (Å²) in [6.07, 6.45) is -0.0303. The van der Waals surface area contributed by atoms with Crippen LogP contribution in [0.2, 0.25) is 0 Å². The van der Waals surface area contributed by atoms with Crippen LogP contribution in [-0.2, 0) is 10.2 Å². The van der Waals surface area contributed by atoms with Crippen molar-refractivity contribution in [3.05, 3.63) is 35.4 Å². The van der Waals surface area contributed by atoms with Crippen LogP contribution in [0.5, 0.6) is 0 Å². The van der Waals surface area contributed by atoms with Crippen molar-refractivity contribution in [3.8, 4) is 0 Å². The second-order valence-corrected chi connectivity index (χ2v) is 5.13. The van der Waals surface area contributed by atoms with Crippen molar-refractivity contribution in [2.75, 3.05) is 0 Å². The number of benzene rings is 1. The van der Waals surface area contributed by atoms with Gasteiger partial charge in [-0.15, -0.1) is 5.10 Å². The topological polar surface area (TPSA) is 33.6 Å². The maximum absolute atomic E-state index is 5.51. The van der Waals surface area contributed by atoms with E-state index in [9.17, 15) is 0 Å². The van der Waals surface area contributed by atoms with E-state index in [2.05, 4.69) is 55.6 Å². The highest BCUT2D eigenvalue weighted by Gasteiger charge is 2.17. The molecular formula is C13H18N2O. The van der Waals surface area contributed by atoms with E-state index in [1.54, 1.807) is 0 Å². The minimum absolute atomic E-state index is 0.0303. The summed E-state index contributed by atoms with van der Waals surface area (Å²) in [7, 11) is 0. The molecule has 3 heteroatoms. The Morgan fingerprint density at radius 2 is 1.81 bits per heavy atom. The van der Waals surface area contributed by atoms with Crippen LogP contribution in [0, 0.1) is 0 Å². The van der Waals surface area contributed by atoms with Crippen LogP contribution in [0.25, 0.3) is 0 Å². The van der Waals surface area contributed by atoms with E-state index in [4.69, 9.17) is 4.74 Å². The van der Waals surface area contributed by atoms with Gasteiger partial charge in [-0.2, -0.15) is 0 Å². The molecule has 0 fully saturated rings. The van der Waals surface area contributed by atoms with Gasteiger partial charge in [-0.05, 0) is 30.0 Å². The van der Waals surface area contributed by atoms with Crippen molar-refractivity contribution in [3.63, 3.8) is 0 Å². The molecule has 0 aliphatic carbocycles. The van der Waals surface area contributed by atoms with Crippen LogP contribution in [0.4, 0.5) is 0 Å². The molecule has 0 radical (unpaired) electrons. The average Bonchev–Trinajstić information content (AvgIpc) is 2.64. The van der Waals surface area contributed by atoms with Crippen LogP contribution in [0.1, 0.15) is 38.8 Å². The van der Waals surface area contributed by atoms with E-state index in [0.717, 1.165) is 5.56 Å². The van der Waals surface area contributed by atoms with Crippen LogP contribution < -0.4 is 5.43 Å². The van der Waals surface area contributed by atoms with Crippen LogP contribution in [0.3, 0.4) is 0 Å². The summed E-state index contributed by atoms with van der Waals surface area (Å²) in [6, 6.07) is 8.37. The molecule has 3 nitrogen and oxygen atoms in total. The van der Waals surface area contributed by atoms with Crippen molar-refractivity contribution in [2.24, 2.45) is 5.10 Å². The molecule has 0 aromatic heterocycles. The zero-order valence-electron chi connectivity index (χ0n) is 10.2. The Morgan fingerprint density at radius 3 is 2.25 bits per heavy atom. The predicted octanol–water partition coefficient (Wildman–Crippen LogP) is 2.61. The molecule has 16 heavy (non-hydrogen) atoms. The lowest BCUT2D eigenvalue weighted by Gasteiger charge is -2.19. The summed E-state index contributed by atoms with van der Waals surface area (Å²) in [5, 5.41) is 4.12. The van der Waals surface area contributed by atoms with Crippen LogP contribution in [0.15, 0.2) is 29.4 Å². The molecule has 1 atom stereocenters. The second-order valence-electron chi connectivity index (χ2n) is 5.13. The largest absolute Gasteiger partial charge is 0.451 e. The van der Waals surface area contributed by atoms with Gasteiger partial charge in [0.25, 0.3) is 0 Å². The Hall–Kier alpha value is -1.51. The minimum atomic E-state index is -0.0303. The zero-order valence-corrected chi connectivity index (χ0v) is 10.2. The Bertz CT molecular complexity index is 401. The van der Waals surface area contributed by atoms with Crippen molar-refractivity contribution in [2.45, 2.75) is 39.3 Å². The summed E-state index contributed by atoms with van der Waals surface area (Å²) >= 11 is 0. The van der Waals surface area contributed by atoms with Gasteiger partial charge in [0.05, 0.1) is 0 Å². The van der Waals surface area contributed by atoms with Crippen molar-refractivity contribution >= 4 is 5.90 Å². The Kier molecular flexibility index (Phi) is 2.62. The highest BCUT2D eigenvalue weighted by molar-refractivity contribution is 5.94. The third-order valence-corrected chi connectivity index (χ3v) is 2.63. The molecule has 1 aromatic carbocycles. The maximum atomic E-state index is 5.51. The molecule has 2 rings (SSSR count). The molecule has 1 aromatic rings. The van der Waals surface area contributed by atoms with E-state index >= 15 is 0 Å². The molecule has 1 aliphatic heterocycles. The minimum Gasteiger partial charge on any atom is -0.451 e. The summed E-state index contributed by atoms with van der Waals surface area (Å²) in [6.45, 7) is 8.54. The van der Waals surface area contributed by atoms with Crippen molar-refractivity contribution in [1.82, 2.24) is 5.43 Å². The highest BCUT2D eigenvalue weighted by atomic mass is 16.5. The van der Waals surface area contributed by atoms with E-state index < -0.39 is 0 Å². The standard InChI is InChI=1S/C13H18N2O/c1-9-14-15-12(16-9)10-5-7-11(8-6-10)13(2,3)4/h5-9,14H,1-4H3. The first-order chi connectivity index (χ1) is 7.47. The smallest absolute Gasteiger partial charge is 0.240 e. The Balaban J connectivity index is 2.20. The molecule has 1 N–H and O–H groups in total. The first kappa shape index (κ1) is 11.0. The number of hydrazone groups is 1. The monoisotopic (exact) mass is 218 g/mol. The lowest BCUT2D eigenvalue weighted by Crippen LogP contribution is -2.16. The van der Waals surface area contributed by atoms with Crippen LogP contribution in [-0.4, -0.2) is 12.1 Å². The van der Waals surface area contributed by atoms with Crippen molar-refractivity contribution in [1.29, 1.82) is 0 Å².